The summed E-state index contributed by atoms with van der Waals surface area (Å²) in [6.07, 6.45) is 1.47. The van der Waals surface area contributed by atoms with E-state index < -0.39 is 59.1 Å². The van der Waals surface area contributed by atoms with Gasteiger partial charge in [-0.25, -0.2) is 4.79 Å². The molecule has 3 amide bonds. The first kappa shape index (κ1) is 36.0. The van der Waals surface area contributed by atoms with E-state index in [4.69, 9.17) is 9.73 Å². The predicted octanol–water partition coefficient (Wildman–Crippen LogP) is 2.27. The Labute approximate surface area is 255 Å². The number of likely N-dealkylation sites (N-methyl/N-ethyl adjacent to an activating group) is 1. The summed E-state index contributed by atoms with van der Waals surface area (Å²) in [5.41, 5.74) is -2.32. The number of esters is 1. The highest BCUT2D eigenvalue weighted by molar-refractivity contribution is 8.14. The van der Waals surface area contributed by atoms with Crippen molar-refractivity contribution in [3.05, 3.63) is 0 Å². The molecule has 8 atom stereocenters. The van der Waals surface area contributed by atoms with E-state index in [9.17, 15) is 29.4 Å². The van der Waals surface area contributed by atoms with Crippen LogP contribution in [0.2, 0.25) is 0 Å². The number of fused-ring (bicyclic) bond motifs is 1. The molecule has 0 aliphatic carbocycles. The Bertz CT molecular complexity index is 1020. The van der Waals surface area contributed by atoms with Gasteiger partial charge in [-0.3, -0.25) is 19.4 Å². The predicted molar refractivity (Wildman–Crippen MR) is 164 cm³/mol. The number of aliphatic hydroxyl groups is 2. The van der Waals surface area contributed by atoms with Gasteiger partial charge in [0, 0.05) is 19.4 Å². The number of carbonyl (C=O) groups is 4. The normalized spacial score (nSPS) is 31.5. The molecular weight excluding hydrogens is 560 g/mol. The van der Waals surface area contributed by atoms with Crippen LogP contribution in [0.25, 0.3) is 0 Å². The van der Waals surface area contributed by atoms with Gasteiger partial charge in [-0.05, 0) is 72.1 Å². The summed E-state index contributed by atoms with van der Waals surface area (Å²) < 4.78 is 6.00. The van der Waals surface area contributed by atoms with Gasteiger partial charge in [0.05, 0.1) is 22.6 Å². The van der Waals surface area contributed by atoms with E-state index in [0.717, 1.165) is 6.42 Å². The van der Waals surface area contributed by atoms with Gasteiger partial charge in [0.15, 0.2) is 0 Å². The van der Waals surface area contributed by atoms with Gasteiger partial charge < -0.3 is 30.5 Å². The average molecular weight is 613 g/mol. The molecule has 42 heavy (non-hydrogen) atoms. The Morgan fingerprint density at radius 1 is 1.02 bits per heavy atom. The molecule has 0 aromatic rings. The second-order valence-electron chi connectivity index (χ2n) is 12.9. The number of nitrogens with one attached hydrogen (secondary N) is 2. The molecule has 0 aromatic heterocycles. The molecule has 0 radical (unpaired) electrons. The smallest absolute Gasteiger partial charge is 0.328 e. The zero-order chi connectivity index (χ0) is 32.0. The lowest BCUT2D eigenvalue weighted by Gasteiger charge is -2.38. The standard InChI is InChI=1S/C30H52N4O7S/c1-10-11-21(36)13-12-18(3)23-29(6,7)27(39)32-19(4)25-33-30(8,16-42-25)28(40)34(9)22(17(2)14-15-35)24(37)31-20(5)26(38)41-23/h17-23,35-36H,10-16H2,1-9H3,(H,31,37)(H,32,39)/t17-,18+,19-,20-,21-,22-,23-,30-/m0/s1. The molecule has 0 saturated carbocycles. The van der Waals surface area contributed by atoms with Crippen molar-refractivity contribution in [1.82, 2.24) is 15.5 Å². The fourth-order valence-electron chi connectivity index (χ4n) is 5.75. The first-order chi connectivity index (χ1) is 19.5. The monoisotopic (exact) mass is 612 g/mol. The van der Waals surface area contributed by atoms with Crippen LogP contribution < -0.4 is 10.6 Å². The number of ether oxygens (including phenoxy) is 1. The van der Waals surface area contributed by atoms with E-state index in [0.29, 0.717) is 30.1 Å². The fraction of sp³-hybridized carbons (Fsp3) is 0.833. The molecular formula is C30H52N4O7S. The number of aliphatic hydroxyl groups excluding tert-OH is 2. The summed E-state index contributed by atoms with van der Waals surface area (Å²) in [5.74, 6) is -2.29. The van der Waals surface area contributed by atoms with Gasteiger partial charge in [-0.2, -0.15) is 0 Å². The molecule has 4 N–H and O–H groups in total. The van der Waals surface area contributed by atoms with E-state index in [1.165, 1.54) is 30.6 Å². The third-order valence-corrected chi connectivity index (χ3v) is 9.96. The Hall–Kier alpha value is -2.18. The third-order valence-electron chi connectivity index (χ3n) is 8.51. The van der Waals surface area contributed by atoms with Crippen molar-refractivity contribution in [3.8, 4) is 0 Å². The SMILES string of the molecule is CCC[C@H](O)CC[C@@H](C)[C@@H]1OC(=O)[C@H](C)NC(=O)[C@H]([C@@H](C)CCO)N(C)C(=O)[C@]2(C)CSC(=N2)[C@H](C)NC(=O)C1(C)C. The molecule has 2 bridgehead atoms. The zero-order valence-corrected chi connectivity index (χ0v) is 27.5. The van der Waals surface area contributed by atoms with E-state index in [-0.39, 0.29) is 30.8 Å². The van der Waals surface area contributed by atoms with Crippen LogP contribution in [0.3, 0.4) is 0 Å². The largest absolute Gasteiger partial charge is 0.459 e. The third kappa shape index (κ3) is 8.47. The molecule has 2 rings (SSSR count). The van der Waals surface area contributed by atoms with E-state index in [2.05, 4.69) is 10.6 Å². The van der Waals surface area contributed by atoms with Crippen LogP contribution in [0.5, 0.6) is 0 Å². The van der Waals surface area contributed by atoms with E-state index in [1.807, 2.05) is 13.8 Å². The number of hydrogen-bond acceptors (Lipinski definition) is 9. The lowest BCUT2D eigenvalue weighted by atomic mass is 9.77. The molecule has 0 aromatic carbocycles. The average Bonchev–Trinajstić information content (AvgIpc) is 3.32. The minimum atomic E-state index is -1.17. The minimum Gasteiger partial charge on any atom is -0.459 e. The van der Waals surface area contributed by atoms with Crippen LogP contribution in [0, 0.1) is 17.3 Å². The lowest BCUT2D eigenvalue weighted by molar-refractivity contribution is -0.167. The molecule has 2 aliphatic rings. The molecule has 11 nitrogen and oxygen atoms in total. The maximum absolute atomic E-state index is 13.7. The molecule has 0 fully saturated rings. The van der Waals surface area contributed by atoms with Crippen molar-refractivity contribution in [1.29, 1.82) is 0 Å². The second-order valence-corrected chi connectivity index (χ2v) is 13.9. The van der Waals surface area contributed by atoms with E-state index >= 15 is 0 Å². The molecule has 240 valence electrons. The number of carbonyl (C=O) groups excluding carboxylic acids is 4. The summed E-state index contributed by atoms with van der Waals surface area (Å²) in [6, 6.07) is -2.53. The Morgan fingerprint density at radius 3 is 2.26 bits per heavy atom. The van der Waals surface area contributed by atoms with Crippen molar-refractivity contribution in [2.45, 2.75) is 123 Å². The maximum Gasteiger partial charge on any atom is 0.328 e. The maximum atomic E-state index is 13.7. The molecule has 0 unspecified atom stereocenters. The highest BCUT2D eigenvalue weighted by Crippen LogP contribution is 2.35. The molecule has 2 heterocycles. The quantitative estimate of drug-likeness (QED) is 0.289. The fourth-order valence-corrected chi connectivity index (χ4v) is 6.95. The van der Waals surface area contributed by atoms with Crippen LogP contribution in [-0.2, 0) is 23.9 Å². The first-order valence-corrected chi connectivity index (χ1v) is 16.1. The summed E-state index contributed by atoms with van der Waals surface area (Å²) >= 11 is 1.38. The van der Waals surface area contributed by atoms with Gasteiger partial charge in [0.25, 0.3) is 5.91 Å². The molecule has 2 aliphatic heterocycles. The minimum absolute atomic E-state index is 0.168. The highest BCUT2D eigenvalue weighted by Gasteiger charge is 2.47. The van der Waals surface area contributed by atoms with Crippen LogP contribution in [-0.4, -0.2) is 99.1 Å². The van der Waals surface area contributed by atoms with E-state index in [1.54, 1.807) is 34.6 Å². The van der Waals surface area contributed by atoms with Gasteiger partial charge in [0.2, 0.25) is 11.8 Å². The van der Waals surface area contributed by atoms with Crippen molar-refractivity contribution in [3.63, 3.8) is 0 Å². The summed E-state index contributed by atoms with van der Waals surface area (Å²) in [6.45, 7) is 14.0. The zero-order valence-electron chi connectivity index (χ0n) is 26.7. The Balaban J connectivity index is 2.54. The van der Waals surface area contributed by atoms with Crippen molar-refractivity contribution in [2.75, 3.05) is 19.4 Å². The van der Waals surface area contributed by atoms with Crippen molar-refractivity contribution < 1.29 is 34.1 Å². The summed E-state index contributed by atoms with van der Waals surface area (Å²) in [4.78, 5) is 60.6. The Morgan fingerprint density at radius 2 is 1.67 bits per heavy atom. The van der Waals surface area contributed by atoms with Crippen LogP contribution in [0.1, 0.15) is 87.5 Å². The van der Waals surface area contributed by atoms with Gasteiger partial charge in [0.1, 0.15) is 23.7 Å². The second kappa shape index (κ2) is 15.0. The highest BCUT2D eigenvalue weighted by atomic mass is 32.2. The van der Waals surface area contributed by atoms with Crippen molar-refractivity contribution in [2.24, 2.45) is 22.2 Å². The van der Waals surface area contributed by atoms with Crippen molar-refractivity contribution >= 4 is 40.5 Å². The lowest BCUT2D eigenvalue weighted by Crippen LogP contribution is -2.58. The summed E-state index contributed by atoms with van der Waals surface area (Å²) in [7, 11) is 1.54. The number of nitrogens with zero attached hydrogens (tertiary/aromatic N) is 2. The first-order valence-electron chi connectivity index (χ1n) is 15.1. The number of hydrogen-bond donors (Lipinski definition) is 4. The molecule has 0 saturated heterocycles. The van der Waals surface area contributed by atoms with Crippen LogP contribution in [0.15, 0.2) is 4.99 Å². The molecule has 0 spiro atoms. The van der Waals surface area contributed by atoms with Crippen LogP contribution >= 0.6 is 11.8 Å². The number of thioether (sulfide) groups is 1. The summed E-state index contributed by atoms with van der Waals surface area (Å²) in [5, 5.41) is 26.2. The number of amides is 3. The van der Waals surface area contributed by atoms with Gasteiger partial charge in [-0.1, -0.05) is 27.2 Å². The molecule has 12 heteroatoms. The Kier molecular flexibility index (Phi) is 12.9. The van der Waals surface area contributed by atoms with Gasteiger partial charge >= 0.3 is 5.97 Å². The van der Waals surface area contributed by atoms with Crippen LogP contribution in [0.4, 0.5) is 0 Å². The topological polar surface area (TPSA) is 158 Å². The number of rotatable bonds is 9. The van der Waals surface area contributed by atoms with Gasteiger partial charge in [-0.15, -0.1) is 11.8 Å². The number of cyclic esters (lactones) is 1. The number of aliphatic imine (C=N–C) groups is 1.